The van der Waals surface area contributed by atoms with Crippen molar-refractivity contribution < 1.29 is 4.74 Å². The van der Waals surface area contributed by atoms with Crippen molar-refractivity contribution in [3.8, 4) is 0 Å². The molecule has 19 heavy (non-hydrogen) atoms. The van der Waals surface area contributed by atoms with E-state index in [9.17, 15) is 0 Å². The highest BCUT2D eigenvalue weighted by atomic mass is 16.5. The highest BCUT2D eigenvalue weighted by Crippen LogP contribution is 2.33. The van der Waals surface area contributed by atoms with Crippen LogP contribution in [0.1, 0.15) is 37.8 Å². The lowest BCUT2D eigenvalue weighted by molar-refractivity contribution is -0.0568. The largest absolute Gasteiger partial charge is 0.372 e. The Morgan fingerprint density at radius 3 is 2.53 bits per heavy atom. The van der Waals surface area contributed by atoms with Crippen molar-refractivity contribution in [2.75, 3.05) is 13.1 Å². The second-order valence-electron chi connectivity index (χ2n) is 5.71. The van der Waals surface area contributed by atoms with E-state index in [1.807, 2.05) is 12.4 Å². The molecule has 1 aromatic heterocycles. The van der Waals surface area contributed by atoms with Crippen LogP contribution in [0.3, 0.4) is 0 Å². The summed E-state index contributed by atoms with van der Waals surface area (Å²) in [5.41, 5.74) is 7.67. The number of hydrogen-bond acceptors (Lipinski definition) is 4. The van der Waals surface area contributed by atoms with Crippen LogP contribution in [0, 0.1) is 0 Å². The second-order valence-corrected chi connectivity index (χ2v) is 5.71. The maximum atomic E-state index is 6.39. The van der Waals surface area contributed by atoms with Gasteiger partial charge >= 0.3 is 0 Å². The van der Waals surface area contributed by atoms with Crippen molar-refractivity contribution >= 4 is 0 Å². The third-order valence-electron chi connectivity index (χ3n) is 4.39. The average molecular weight is 261 g/mol. The number of nitrogens with zero attached hydrogens (tertiary/aromatic N) is 2. The molecule has 104 valence electrons. The van der Waals surface area contributed by atoms with Gasteiger partial charge in [0.1, 0.15) is 0 Å². The van der Waals surface area contributed by atoms with Crippen LogP contribution in [0.15, 0.2) is 24.5 Å². The van der Waals surface area contributed by atoms with E-state index < -0.39 is 0 Å². The Hall–Kier alpha value is -0.970. The predicted octanol–water partition coefficient (Wildman–Crippen LogP) is 1.72. The average Bonchev–Trinajstić information content (AvgIpc) is 2.79. The molecule has 0 amide bonds. The number of rotatable bonds is 4. The lowest BCUT2D eigenvalue weighted by atomic mass is 9.96. The number of aromatic nitrogens is 1. The van der Waals surface area contributed by atoms with E-state index in [0.717, 1.165) is 19.5 Å². The Kier molecular flexibility index (Phi) is 3.82. The van der Waals surface area contributed by atoms with Crippen LogP contribution in [0.5, 0.6) is 0 Å². The molecule has 0 radical (unpaired) electrons. The van der Waals surface area contributed by atoms with Crippen molar-refractivity contribution in [2.45, 2.75) is 50.5 Å². The third kappa shape index (κ3) is 2.66. The number of nitrogens with two attached hydrogens (primary N) is 1. The van der Waals surface area contributed by atoms with Gasteiger partial charge in [-0.3, -0.25) is 9.88 Å². The fraction of sp³-hybridized carbons (Fsp3) is 0.667. The molecule has 4 nitrogen and oxygen atoms in total. The van der Waals surface area contributed by atoms with Gasteiger partial charge in [-0.05, 0) is 37.0 Å². The molecule has 0 aliphatic carbocycles. The van der Waals surface area contributed by atoms with Crippen molar-refractivity contribution in [1.29, 1.82) is 0 Å². The molecule has 4 atom stereocenters. The summed E-state index contributed by atoms with van der Waals surface area (Å²) in [6.07, 6.45) is 7.93. The van der Waals surface area contributed by atoms with E-state index in [4.69, 9.17) is 10.5 Å². The lowest BCUT2D eigenvalue weighted by Crippen LogP contribution is -2.49. The summed E-state index contributed by atoms with van der Waals surface area (Å²) in [7, 11) is 0. The molecule has 0 aromatic carbocycles. The van der Waals surface area contributed by atoms with E-state index in [0.29, 0.717) is 18.2 Å². The van der Waals surface area contributed by atoms with Gasteiger partial charge < -0.3 is 10.5 Å². The first-order valence-corrected chi connectivity index (χ1v) is 7.33. The van der Waals surface area contributed by atoms with E-state index in [-0.39, 0.29) is 6.04 Å². The van der Waals surface area contributed by atoms with Crippen LogP contribution in [0.2, 0.25) is 0 Å². The van der Waals surface area contributed by atoms with Gasteiger partial charge in [-0.15, -0.1) is 0 Å². The number of fused-ring (bicyclic) bond motifs is 2. The van der Waals surface area contributed by atoms with Crippen LogP contribution in [0.25, 0.3) is 0 Å². The Balaban J connectivity index is 1.83. The molecule has 4 heteroatoms. The highest BCUT2D eigenvalue weighted by Gasteiger charge is 2.38. The number of morpholine rings is 1. The normalized spacial score (nSPS) is 30.2. The summed E-state index contributed by atoms with van der Waals surface area (Å²) in [4.78, 5) is 6.64. The van der Waals surface area contributed by atoms with Crippen molar-refractivity contribution in [3.63, 3.8) is 0 Å². The molecule has 0 spiro atoms. The molecule has 2 bridgehead atoms. The zero-order chi connectivity index (χ0) is 13.2. The molecule has 2 N–H and O–H groups in total. The molecule has 3 rings (SSSR count). The molecule has 4 unspecified atom stereocenters. The third-order valence-corrected chi connectivity index (χ3v) is 4.39. The standard InChI is InChI=1S/C15H23N3O/c1-2-14(16)15(11-5-7-17-8-6-11)18-9-12-3-4-13(10-18)19-12/h5-8,12-15H,2-4,9-10,16H2,1H3. The van der Waals surface area contributed by atoms with E-state index in [2.05, 4.69) is 28.9 Å². The number of ether oxygens (including phenoxy) is 1. The molecular formula is C15H23N3O. The van der Waals surface area contributed by atoms with Crippen LogP contribution in [-0.2, 0) is 4.74 Å². The fourth-order valence-electron chi connectivity index (χ4n) is 3.39. The summed E-state index contributed by atoms with van der Waals surface area (Å²) in [6.45, 7) is 4.18. The van der Waals surface area contributed by atoms with Gasteiger partial charge in [0, 0.05) is 31.5 Å². The fourth-order valence-corrected chi connectivity index (χ4v) is 3.39. The Bertz CT molecular complexity index is 399. The Labute approximate surface area is 115 Å². The smallest absolute Gasteiger partial charge is 0.0707 e. The molecule has 2 fully saturated rings. The minimum absolute atomic E-state index is 0.167. The second kappa shape index (κ2) is 5.57. The van der Waals surface area contributed by atoms with Gasteiger partial charge in [0.25, 0.3) is 0 Å². The molecule has 2 aliphatic heterocycles. The van der Waals surface area contributed by atoms with E-state index >= 15 is 0 Å². The van der Waals surface area contributed by atoms with Crippen molar-refractivity contribution in [2.24, 2.45) is 5.73 Å². The van der Waals surface area contributed by atoms with Crippen LogP contribution in [-0.4, -0.2) is 41.2 Å². The monoisotopic (exact) mass is 261 g/mol. The summed E-state index contributed by atoms with van der Waals surface area (Å²) in [5.74, 6) is 0. The zero-order valence-corrected chi connectivity index (χ0v) is 11.5. The number of pyridine rings is 1. The number of hydrogen-bond donors (Lipinski definition) is 1. The SMILES string of the molecule is CCC(N)C(c1ccncc1)N1CC2CCC(C1)O2. The molecule has 3 heterocycles. The van der Waals surface area contributed by atoms with Gasteiger partial charge in [-0.25, -0.2) is 0 Å². The summed E-state index contributed by atoms with van der Waals surface area (Å²) >= 11 is 0. The first-order chi connectivity index (χ1) is 9.28. The van der Waals surface area contributed by atoms with Crippen molar-refractivity contribution in [1.82, 2.24) is 9.88 Å². The summed E-state index contributed by atoms with van der Waals surface area (Å²) in [6, 6.07) is 4.65. The highest BCUT2D eigenvalue weighted by molar-refractivity contribution is 5.18. The number of likely N-dealkylation sites (tertiary alicyclic amines) is 1. The maximum absolute atomic E-state index is 6.39. The first kappa shape index (κ1) is 13.0. The molecule has 2 saturated heterocycles. The quantitative estimate of drug-likeness (QED) is 0.896. The minimum atomic E-state index is 0.167. The predicted molar refractivity (Wildman–Crippen MR) is 74.7 cm³/mol. The first-order valence-electron chi connectivity index (χ1n) is 7.33. The van der Waals surface area contributed by atoms with Gasteiger partial charge in [0.15, 0.2) is 0 Å². The molecule has 1 aromatic rings. The molecule has 2 aliphatic rings. The zero-order valence-electron chi connectivity index (χ0n) is 11.5. The van der Waals surface area contributed by atoms with Crippen LogP contribution < -0.4 is 5.73 Å². The Morgan fingerprint density at radius 2 is 1.95 bits per heavy atom. The molecular weight excluding hydrogens is 238 g/mol. The molecule has 0 saturated carbocycles. The van der Waals surface area contributed by atoms with Gasteiger partial charge in [-0.1, -0.05) is 6.92 Å². The van der Waals surface area contributed by atoms with Gasteiger partial charge in [-0.2, -0.15) is 0 Å². The van der Waals surface area contributed by atoms with Crippen LogP contribution >= 0.6 is 0 Å². The Morgan fingerprint density at radius 1 is 1.32 bits per heavy atom. The van der Waals surface area contributed by atoms with E-state index in [1.165, 1.54) is 18.4 Å². The van der Waals surface area contributed by atoms with Crippen molar-refractivity contribution in [3.05, 3.63) is 30.1 Å². The van der Waals surface area contributed by atoms with Crippen LogP contribution in [0.4, 0.5) is 0 Å². The summed E-state index contributed by atoms with van der Waals surface area (Å²) in [5, 5.41) is 0. The topological polar surface area (TPSA) is 51.4 Å². The van der Waals surface area contributed by atoms with Gasteiger partial charge in [0.2, 0.25) is 0 Å². The maximum Gasteiger partial charge on any atom is 0.0707 e. The lowest BCUT2D eigenvalue weighted by Gasteiger charge is -2.40. The minimum Gasteiger partial charge on any atom is -0.372 e. The van der Waals surface area contributed by atoms with Gasteiger partial charge in [0.05, 0.1) is 18.2 Å². The van der Waals surface area contributed by atoms with E-state index in [1.54, 1.807) is 0 Å². The summed E-state index contributed by atoms with van der Waals surface area (Å²) < 4.78 is 5.93.